The van der Waals surface area contributed by atoms with Crippen molar-refractivity contribution >= 4 is 10.9 Å². The first kappa shape index (κ1) is 20.8. The summed E-state index contributed by atoms with van der Waals surface area (Å²) in [5.74, 6) is 3.33. The molecule has 0 aliphatic carbocycles. The first-order chi connectivity index (χ1) is 15.8. The number of piperidine rings is 1. The molecule has 2 N–H and O–H groups in total. The number of hydrogen-bond acceptors (Lipinski definition) is 7. The lowest BCUT2D eigenvalue weighted by atomic mass is 10.0. The van der Waals surface area contributed by atoms with Crippen molar-refractivity contribution in [1.82, 2.24) is 15.6 Å². The molecule has 0 amide bonds. The average Bonchev–Trinajstić information content (AvgIpc) is 2.86. The fourth-order valence-corrected chi connectivity index (χ4v) is 4.24. The molecule has 1 saturated heterocycles. The monoisotopic (exact) mass is 435 g/mol. The fraction of sp³-hybridized carbons (Fsp3) is 0.400. The summed E-state index contributed by atoms with van der Waals surface area (Å²) in [4.78, 5) is 4.42. The number of aromatic nitrogens is 1. The predicted molar refractivity (Wildman–Crippen MR) is 123 cm³/mol. The van der Waals surface area contributed by atoms with Crippen molar-refractivity contribution in [1.29, 1.82) is 0 Å². The Morgan fingerprint density at radius 1 is 1.06 bits per heavy atom. The van der Waals surface area contributed by atoms with E-state index in [1.54, 1.807) is 13.3 Å². The molecule has 7 nitrogen and oxygen atoms in total. The van der Waals surface area contributed by atoms with E-state index in [1.807, 2.05) is 30.3 Å². The van der Waals surface area contributed by atoms with Gasteiger partial charge in [0.15, 0.2) is 11.5 Å². The van der Waals surface area contributed by atoms with Gasteiger partial charge in [-0.1, -0.05) is 6.07 Å². The number of methoxy groups -OCH3 is 1. The van der Waals surface area contributed by atoms with Crippen LogP contribution in [0.2, 0.25) is 0 Å². The van der Waals surface area contributed by atoms with E-state index in [0.29, 0.717) is 31.9 Å². The molecule has 0 bridgehead atoms. The number of benzene rings is 2. The zero-order chi connectivity index (χ0) is 21.8. The van der Waals surface area contributed by atoms with Crippen LogP contribution in [0.3, 0.4) is 0 Å². The number of hydrogen-bond donors (Lipinski definition) is 2. The van der Waals surface area contributed by atoms with Gasteiger partial charge in [0.2, 0.25) is 0 Å². The molecule has 3 heterocycles. The minimum Gasteiger partial charge on any atom is -0.497 e. The molecule has 1 fully saturated rings. The quantitative estimate of drug-likeness (QED) is 0.590. The van der Waals surface area contributed by atoms with Crippen LogP contribution >= 0.6 is 0 Å². The third kappa shape index (κ3) is 4.74. The largest absolute Gasteiger partial charge is 0.497 e. The van der Waals surface area contributed by atoms with Crippen LogP contribution in [0.5, 0.6) is 23.0 Å². The van der Waals surface area contributed by atoms with Crippen LogP contribution in [-0.4, -0.2) is 50.5 Å². The summed E-state index contributed by atoms with van der Waals surface area (Å²) in [6.45, 7) is 3.60. The summed E-state index contributed by atoms with van der Waals surface area (Å²) < 4.78 is 22.8. The van der Waals surface area contributed by atoms with Gasteiger partial charge in [-0.3, -0.25) is 4.98 Å². The SMILES string of the molecule is COc1ccc2nccc(OC[C@@H]3CC[C@@H](NCc4ccc5c(c4)OCCO5)CN3)c2c1. The van der Waals surface area contributed by atoms with Crippen molar-refractivity contribution in [3.8, 4) is 23.0 Å². The Morgan fingerprint density at radius 3 is 2.81 bits per heavy atom. The zero-order valence-corrected chi connectivity index (χ0v) is 18.3. The lowest BCUT2D eigenvalue weighted by Crippen LogP contribution is -2.49. The van der Waals surface area contributed by atoms with E-state index in [9.17, 15) is 0 Å². The third-order valence-corrected chi connectivity index (χ3v) is 6.07. The van der Waals surface area contributed by atoms with Gasteiger partial charge in [-0.05, 0) is 54.8 Å². The van der Waals surface area contributed by atoms with Crippen LogP contribution in [0.25, 0.3) is 10.9 Å². The van der Waals surface area contributed by atoms with E-state index in [-0.39, 0.29) is 0 Å². The standard InChI is InChI=1S/C25H29N3O4/c1-29-20-5-6-22-21(13-20)23(8-9-26-22)32-16-19-4-3-18(15-28-19)27-14-17-2-7-24-25(12-17)31-11-10-30-24/h2,5-9,12-13,18-19,27-28H,3-4,10-11,14-16H2,1H3/t18-,19+/m1/s1. The normalized spacial score (nSPS) is 20.2. The van der Waals surface area contributed by atoms with E-state index in [4.69, 9.17) is 18.9 Å². The highest BCUT2D eigenvalue weighted by molar-refractivity contribution is 5.86. The molecule has 0 saturated carbocycles. The van der Waals surface area contributed by atoms with Gasteiger partial charge in [0.05, 0.1) is 12.6 Å². The molecule has 1 aromatic heterocycles. The van der Waals surface area contributed by atoms with Crippen molar-refractivity contribution < 1.29 is 18.9 Å². The van der Waals surface area contributed by atoms with Gasteiger partial charge in [-0.25, -0.2) is 0 Å². The van der Waals surface area contributed by atoms with E-state index in [2.05, 4.69) is 27.8 Å². The maximum atomic E-state index is 6.17. The summed E-state index contributed by atoms with van der Waals surface area (Å²) in [6.07, 6.45) is 3.96. The minimum atomic E-state index is 0.330. The Labute approximate surface area is 188 Å². The molecule has 2 aliphatic heterocycles. The number of pyridine rings is 1. The van der Waals surface area contributed by atoms with Gasteiger partial charge in [-0.15, -0.1) is 0 Å². The van der Waals surface area contributed by atoms with Gasteiger partial charge in [0, 0.05) is 36.8 Å². The molecule has 0 radical (unpaired) electrons. The molecule has 32 heavy (non-hydrogen) atoms. The van der Waals surface area contributed by atoms with E-state index < -0.39 is 0 Å². The Morgan fingerprint density at radius 2 is 1.97 bits per heavy atom. The number of nitrogens with one attached hydrogen (secondary N) is 2. The fourth-order valence-electron chi connectivity index (χ4n) is 4.24. The topological polar surface area (TPSA) is 73.9 Å². The Hall–Kier alpha value is -3.03. The maximum absolute atomic E-state index is 6.17. The Balaban J connectivity index is 1.10. The molecule has 0 spiro atoms. The summed E-state index contributed by atoms with van der Waals surface area (Å²) in [7, 11) is 1.67. The second kappa shape index (κ2) is 9.63. The first-order valence-electron chi connectivity index (χ1n) is 11.2. The number of fused-ring (bicyclic) bond motifs is 2. The number of ether oxygens (including phenoxy) is 4. The highest BCUT2D eigenvalue weighted by Gasteiger charge is 2.21. The predicted octanol–water partition coefficient (Wildman–Crippen LogP) is 3.30. The highest BCUT2D eigenvalue weighted by atomic mass is 16.6. The van der Waals surface area contributed by atoms with Crippen LogP contribution in [-0.2, 0) is 6.54 Å². The number of rotatable bonds is 7. The molecule has 5 rings (SSSR count). The molecule has 0 unspecified atom stereocenters. The molecular formula is C25H29N3O4. The lowest BCUT2D eigenvalue weighted by molar-refractivity contribution is 0.171. The van der Waals surface area contributed by atoms with Gasteiger partial charge in [-0.2, -0.15) is 0 Å². The van der Waals surface area contributed by atoms with Gasteiger partial charge >= 0.3 is 0 Å². The van der Waals surface area contributed by atoms with Crippen molar-refractivity contribution in [2.24, 2.45) is 0 Å². The number of nitrogens with zero attached hydrogens (tertiary/aromatic N) is 1. The van der Waals surface area contributed by atoms with Crippen molar-refractivity contribution in [3.05, 3.63) is 54.2 Å². The van der Waals surface area contributed by atoms with Gasteiger partial charge in [0.25, 0.3) is 0 Å². The summed E-state index contributed by atoms with van der Waals surface area (Å²) in [5, 5.41) is 8.25. The van der Waals surface area contributed by atoms with E-state index >= 15 is 0 Å². The van der Waals surface area contributed by atoms with Crippen molar-refractivity contribution in [2.75, 3.05) is 33.5 Å². The zero-order valence-electron chi connectivity index (χ0n) is 18.3. The van der Waals surface area contributed by atoms with Gasteiger partial charge < -0.3 is 29.6 Å². The smallest absolute Gasteiger partial charge is 0.161 e. The Kier molecular flexibility index (Phi) is 6.27. The van der Waals surface area contributed by atoms with Crippen molar-refractivity contribution in [2.45, 2.75) is 31.5 Å². The van der Waals surface area contributed by atoms with Crippen LogP contribution in [0.15, 0.2) is 48.7 Å². The van der Waals surface area contributed by atoms with Gasteiger partial charge in [0.1, 0.15) is 31.3 Å². The molecule has 168 valence electrons. The van der Waals surface area contributed by atoms with Crippen molar-refractivity contribution in [3.63, 3.8) is 0 Å². The molecule has 7 heteroatoms. The Bertz CT molecular complexity index is 1070. The van der Waals surface area contributed by atoms with Crippen LogP contribution < -0.4 is 29.6 Å². The van der Waals surface area contributed by atoms with Crippen LogP contribution in [0.4, 0.5) is 0 Å². The molecular weight excluding hydrogens is 406 g/mol. The van der Waals surface area contributed by atoms with E-state index in [0.717, 1.165) is 59.8 Å². The highest BCUT2D eigenvalue weighted by Crippen LogP contribution is 2.31. The molecule has 2 aromatic carbocycles. The summed E-state index contributed by atoms with van der Waals surface area (Å²) in [5.41, 5.74) is 2.11. The summed E-state index contributed by atoms with van der Waals surface area (Å²) in [6, 6.07) is 14.7. The van der Waals surface area contributed by atoms with Crippen LogP contribution in [0, 0.1) is 0 Å². The molecule has 3 aromatic rings. The minimum absolute atomic E-state index is 0.330. The molecule has 2 atom stereocenters. The maximum Gasteiger partial charge on any atom is 0.161 e. The second-order valence-electron chi connectivity index (χ2n) is 8.24. The lowest BCUT2D eigenvalue weighted by Gasteiger charge is -2.30. The molecule has 2 aliphatic rings. The average molecular weight is 436 g/mol. The summed E-state index contributed by atoms with van der Waals surface area (Å²) >= 11 is 0. The first-order valence-corrected chi connectivity index (χ1v) is 11.2. The third-order valence-electron chi connectivity index (χ3n) is 6.07. The van der Waals surface area contributed by atoms with Crippen LogP contribution in [0.1, 0.15) is 18.4 Å². The van der Waals surface area contributed by atoms with E-state index in [1.165, 1.54) is 5.56 Å². The second-order valence-corrected chi connectivity index (χ2v) is 8.24.